The molecule has 1 aliphatic carbocycles. The maximum absolute atomic E-state index is 12.0. The fourth-order valence-corrected chi connectivity index (χ4v) is 2.27. The highest BCUT2D eigenvalue weighted by molar-refractivity contribution is 6.02. The van der Waals surface area contributed by atoms with Crippen LogP contribution >= 0.6 is 0 Å². The summed E-state index contributed by atoms with van der Waals surface area (Å²) in [6, 6.07) is 10.0. The maximum atomic E-state index is 12.0. The molecule has 0 radical (unpaired) electrons. The van der Waals surface area contributed by atoms with Gasteiger partial charge in [0.15, 0.2) is 0 Å². The van der Waals surface area contributed by atoms with Gasteiger partial charge in [-0.2, -0.15) is 0 Å². The van der Waals surface area contributed by atoms with Crippen molar-refractivity contribution in [3.63, 3.8) is 0 Å². The summed E-state index contributed by atoms with van der Waals surface area (Å²) in [5, 5.41) is 0. The topological polar surface area (TPSA) is 40.6 Å². The molecule has 3 rings (SSSR count). The van der Waals surface area contributed by atoms with Gasteiger partial charge in [0.25, 0.3) is 5.91 Å². The Morgan fingerprint density at radius 2 is 1.89 bits per heavy atom. The standard InChI is InChI=1S/C15H16N2O2/c18-14-11-17(13-8-9-13)15(19)16(14)10-4-7-12-5-2-1-3-6-12/h1-7,13H,8-11H2/b7-4+. The minimum atomic E-state index is -0.134. The van der Waals surface area contributed by atoms with E-state index in [4.69, 9.17) is 0 Å². The van der Waals surface area contributed by atoms with Gasteiger partial charge in [0, 0.05) is 12.6 Å². The summed E-state index contributed by atoms with van der Waals surface area (Å²) in [7, 11) is 0. The highest BCUT2D eigenvalue weighted by Gasteiger charge is 2.43. The van der Waals surface area contributed by atoms with Gasteiger partial charge in [0.2, 0.25) is 0 Å². The van der Waals surface area contributed by atoms with Crippen molar-refractivity contribution in [2.24, 2.45) is 0 Å². The smallest absolute Gasteiger partial charge is 0.312 e. The van der Waals surface area contributed by atoms with E-state index < -0.39 is 0 Å². The van der Waals surface area contributed by atoms with Crippen LogP contribution in [-0.4, -0.2) is 40.9 Å². The van der Waals surface area contributed by atoms with Crippen molar-refractivity contribution in [3.8, 4) is 0 Å². The zero-order chi connectivity index (χ0) is 13.2. The second-order valence-corrected chi connectivity index (χ2v) is 4.96. The highest BCUT2D eigenvalue weighted by atomic mass is 16.2. The summed E-state index contributed by atoms with van der Waals surface area (Å²) in [5.41, 5.74) is 1.07. The molecular weight excluding hydrogens is 240 g/mol. The third-order valence-corrected chi connectivity index (χ3v) is 3.47. The number of nitrogens with zero attached hydrogens (tertiary/aromatic N) is 2. The normalized spacial score (nSPS) is 19.8. The molecule has 0 bridgehead atoms. The molecule has 0 spiro atoms. The number of urea groups is 1. The molecule has 98 valence electrons. The molecule has 2 fully saturated rings. The van der Waals surface area contributed by atoms with Gasteiger partial charge in [-0.15, -0.1) is 0 Å². The van der Waals surface area contributed by atoms with Gasteiger partial charge < -0.3 is 4.90 Å². The van der Waals surface area contributed by atoms with Gasteiger partial charge in [-0.25, -0.2) is 4.79 Å². The molecule has 1 heterocycles. The molecule has 0 unspecified atom stereocenters. The van der Waals surface area contributed by atoms with Crippen LogP contribution in [0.15, 0.2) is 36.4 Å². The lowest BCUT2D eigenvalue weighted by atomic mass is 10.2. The molecule has 2 aliphatic rings. The Morgan fingerprint density at radius 3 is 2.58 bits per heavy atom. The molecule has 19 heavy (non-hydrogen) atoms. The van der Waals surface area contributed by atoms with Crippen molar-refractivity contribution in [2.45, 2.75) is 18.9 Å². The van der Waals surface area contributed by atoms with Crippen molar-refractivity contribution in [1.29, 1.82) is 0 Å². The Hall–Kier alpha value is -2.10. The van der Waals surface area contributed by atoms with Crippen molar-refractivity contribution in [3.05, 3.63) is 42.0 Å². The molecule has 0 aromatic heterocycles. The Labute approximate surface area is 112 Å². The Bertz CT molecular complexity index is 520. The number of carbonyl (C=O) groups is 2. The minimum Gasteiger partial charge on any atom is -0.312 e. The van der Waals surface area contributed by atoms with E-state index >= 15 is 0 Å². The molecule has 1 saturated heterocycles. The monoisotopic (exact) mass is 256 g/mol. The number of benzene rings is 1. The van der Waals surface area contributed by atoms with Crippen molar-refractivity contribution >= 4 is 18.0 Å². The van der Waals surface area contributed by atoms with Crippen LogP contribution in [-0.2, 0) is 4.79 Å². The summed E-state index contributed by atoms with van der Waals surface area (Å²) in [6.45, 7) is 0.610. The molecule has 1 aromatic rings. The zero-order valence-electron chi connectivity index (χ0n) is 10.7. The molecule has 4 nitrogen and oxygen atoms in total. The Balaban J connectivity index is 1.62. The molecule has 1 aliphatic heterocycles. The van der Waals surface area contributed by atoms with Crippen LogP contribution < -0.4 is 0 Å². The average molecular weight is 256 g/mol. The second-order valence-electron chi connectivity index (χ2n) is 4.96. The Morgan fingerprint density at radius 1 is 1.16 bits per heavy atom. The van der Waals surface area contributed by atoms with Gasteiger partial charge in [-0.05, 0) is 18.4 Å². The lowest BCUT2D eigenvalue weighted by Gasteiger charge is -2.14. The lowest BCUT2D eigenvalue weighted by Crippen LogP contribution is -2.34. The number of hydrogen-bond acceptors (Lipinski definition) is 2. The first-order valence-electron chi connectivity index (χ1n) is 6.58. The summed E-state index contributed by atoms with van der Waals surface area (Å²) < 4.78 is 0. The van der Waals surface area contributed by atoms with Crippen molar-refractivity contribution < 1.29 is 9.59 Å². The molecule has 4 heteroatoms. The van der Waals surface area contributed by atoms with Crippen LogP contribution in [0.25, 0.3) is 6.08 Å². The van der Waals surface area contributed by atoms with Gasteiger partial charge in [-0.3, -0.25) is 9.69 Å². The third-order valence-electron chi connectivity index (χ3n) is 3.47. The molecule has 3 amide bonds. The second kappa shape index (κ2) is 4.88. The van der Waals surface area contributed by atoms with Crippen molar-refractivity contribution in [1.82, 2.24) is 9.80 Å². The number of hydrogen-bond donors (Lipinski definition) is 0. The third kappa shape index (κ3) is 2.52. The predicted molar refractivity (Wildman–Crippen MR) is 72.3 cm³/mol. The first-order valence-corrected chi connectivity index (χ1v) is 6.58. The van der Waals surface area contributed by atoms with E-state index in [1.54, 1.807) is 4.90 Å². The molecule has 0 N–H and O–H groups in total. The molecular formula is C15H16N2O2. The maximum Gasteiger partial charge on any atom is 0.327 e. The Kier molecular flexibility index (Phi) is 3.07. The van der Waals surface area contributed by atoms with Crippen LogP contribution in [0.5, 0.6) is 0 Å². The predicted octanol–water partition coefficient (Wildman–Crippen LogP) is 2.13. The van der Waals surface area contributed by atoms with Crippen LogP contribution in [0.1, 0.15) is 18.4 Å². The first-order chi connectivity index (χ1) is 9.25. The van der Waals surface area contributed by atoms with Crippen LogP contribution in [0.4, 0.5) is 4.79 Å². The minimum absolute atomic E-state index is 0.0883. The summed E-state index contributed by atoms with van der Waals surface area (Å²) in [4.78, 5) is 26.9. The lowest BCUT2D eigenvalue weighted by molar-refractivity contribution is -0.125. The summed E-state index contributed by atoms with van der Waals surface area (Å²) in [5.74, 6) is -0.0883. The van der Waals surface area contributed by atoms with E-state index in [1.807, 2.05) is 42.5 Å². The molecule has 1 aromatic carbocycles. The van der Waals surface area contributed by atoms with E-state index in [-0.39, 0.29) is 18.5 Å². The van der Waals surface area contributed by atoms with Gasteiger partial charge in [0.05, 0.1) is 0 Å². The average Bonchev–Trinajstić information content (AvgIpc) is 3.22. The summed E-state index contributed by atoms with van der Waals surface area (Å²) in [6.07, 6.45) is 5.86. The number of imide groups is 1. The van der Waals surface area contributed by atoms with E-state index in [9.17, 15) is 9.59 Å². The van der Waals surface area contributed by atoms with Gasteiger partial charge in [0.1, 0.15) is 6.54 Å². The van der Waals surface area contributed by atoms with Crippen LogP contribution in [0.3, 0.4) is 0 Å². The molecule has 1 saturated carbocycles. The fraction of sp³-hybridized carbons (Fsp3) is 0.333. The number of carbonyl (C=O) groups excluding carboxylic acids is 2. The van der Waals surface area contributed by atoms with E-state index in [0.717, 1.165) is 18.4 Å². The summed E-state index contributed by atoms with van der Waals surface area (Å²) >= 11 is 0. The largest absolute Gasteiger partial charge is 0.327 e. The van der Waals surface area contributed by atoms with Crippen molar-refractivity contribution in [2.75, 3.05) is 13.1 Å². The molecule has 0 atom stereocenters. The fourth-order valence-electron chi connectivity index (χ4n) is 2.27. The van der Waals surface area contributed by atoms with Gasteiger partial charge in [-0.1, -0.05) is 42.5 Å². The van der Waals surface area contributed by atoms with E-state index in [2.05, 4.69) is 0 Å². The van der Waals surface area contributed by atoms with E-state index in [0.29, 0.717) is 12.6 Å². The van der Waals surface area contributed by atoms with Crippen LogP contribution in [0.2, 0.25) is 0 Å². The quantitative estimate of drug-likeness (QED) is 0.774. The van der Waals surface area contributed by atoms with Gasteiger partial charge >= 0.3 is 6.03 Å². The first kappa shape index (κ1) is 12.0. The number of amides is 3. The SMILES string of the molecule is O=C1CN(C2CC2)C(=O)N1C/C=C/c1ccccc1. The van der Waals surface area contributed by atoms with Crippen LogP contribution in [0, 0.1) is 0 Å². The zero-order valence-corrected chi connectivity index (χ0v) is 10.7. The van der Waals surface area contributed by atoms with E-state index in [1.165, 1.54) is 4.90 Å². The highest BCUT2D eigenvalue weighted by Crippen LogP contribution is 2.30. The number of rotatable bonds is 4.